The van der Waals surface area contributed by atoms with Crippen LogP contribution < -0.4 is 0 Å². The van der Waals surface area contributed by atoms with Crippen LogP contribution in [0.3, 0.4) is 0 Å². The molecular weight excluding hydrogens is 168 g/mol. The van der Waals surface area contributed by atoms with Crippen molar-refractivity contribution in [3.63, 3.8) is 0 Å². The second-order valence-electron chi connectivity index (χ2n) is 4.64. The third-order valence-corrected chi connectivity index (χ3v) is 3.76. The second-order valence-corrected chi connectivity index (χ2v) is 4.64. The SMILES string of the molecule is C1=C(c2ccccc2)C2CCC(C1)C2. The van der Waals surface area contributed by atoms with Gasteiger partial charge in [-0.05, 0) is 48.7 Å². The highest BCUT2D eigenvalue weighted by Crippen LogP contribution is 2.45. The molecule has 2 aliphatic carbocycles. The van der Waals surface area contributed by atoms with Crippen LogP contribution in [0, 0.1) is 11.8 Å². The first-order valence-electron chi connectivity index (χ1n) is 5.69. The number of hydrogen-bond acceptors (Lipinski definition) is 0. The Labute approximate surface area is 85.6 Å². The van der Waals surface area contributed by atoms with Gasteiger partial charge in [-0.15, -0.1) is 0 Å². The average molecular weight is 184 g/mol. The molecule has 1 aromatic rings. The summed E-state index contributed by atoms with van der Waals surface area (Å²) in [4.78, 5) is 0. The van der Waals surface area contributed by atoms with Crippen molar-refractivity contribution in [1.29, 1.82) is 0 Å². The fourth-order valence-corrected chi connectivity index (χ4v) is 3.02. The molecule has 2 bridgehead atoms. The van der Waals surface area contributed by atoms with Crippen LogP contribution in [0.4, 0.5) is 0 Å². The van der Waals surface area contributed by atoms with Crippen LogP contribution in [0.5, 0.6) is 0 Å². The van der Waals surface area contributed by atoms with Crippen molar-refractivity contribution < 1.29 is 0 Å². The standard InChI is InChI=1S/C14H16/c1-2-4-12(5-3-1)14-9-7-11-6-8-13(14)10-11/h1-5,9,11,13H,6-8,10H2. The summed E-state index contributed by atoms with van der Waals surface area (Å²) in [6.07, 6.45) is 8.13. The van der Waals surface area contributed by atoms with Crippen LogP contribution in [0.15, 0.2) is 36.4 Å². The molecule has 0 radical (unpaired) electrons. The van der Waals surface area contributed by atoms with Crippen LogP contribution >= 0.6 is 0 Å². The molecule has 0 aliphatic heterocycles. The van der Waals surface area contributed by atoms with E-state index in [-0.39, 0.29) is 0 Å². The molecule has 1 fully saturated rings. The Morgan fingerprint density at radius 1 is 1.00 bits per heavy atom. The number of benzene rings is 1. The molecule has 3 rings (SSSR count). The van der Waals surface area contributed by atoms with Gasteiger partial charge in [0.1, 0.15) is 0 Å². The van der Waals surface area contributed by atoms with Crippen LogP contribution in [-0.4, -0.2) is 0 Å². The Bertz CT molecular complexity index is 348. The molecular formula is C14H16. The summed E-state index contributed by atoms with van der Waals surface area (Å²) in [6.45, 7) is 0. The summed E-state index contributed by atoms with van der Waals surface area (Å²) in [5.74, 6) is 1.88. The molecule has 72 valence electrons. The third kappa shape index (κ3) is 1.30. The molecule has 14 heavy (non-hydrogen) atoms. The Morgan fingerprint density at radius 3 is 2.71 bits per heavy atom. The van der Waals surface area contributed by atoms with E-state index in [1.165, 1.54) is 31.2 Å². The van der Waals surface area contributed by atoms with Crippen molar-refractivity contribution in [2.75, 3.05) is 0 Å². The summed E-state index contributed by atoms with van der Waals surface area (Å²) >= 11 is 0. The first-order valence-corrected chi connectivity index (χ1v) is 5.69. The molecule has 2 unspecified atom stereocenters. The minimum absolute atomic E-state index is 0.871. The largest absolute Gasteiger partial charge is 0.0802 e. The second kappa shape index (κ2) is 3.27. The van der Waals surface area contributed by atoms with Crippen molar-refractivity contribution in [1.82, 2.24) is 0 Å². The topological polar surface area (TPSA) is 0 Å². The van der Waals surface area contributed by atoms with Crippen molar-refractivity contribution >= 4 is 5.57 Å². The molecule has 0 spiro atoms. The summed E-state index contributed by atoms with van der Waals surface area (Å²) in [6, 6.07) is 10.9. The van der Waals surface area contributed by atoms with Crippen molar-refractivity contribution in [3.05, 3.63) is 42.0 Å². The van der Waals surface area contributed by atoms with Gasteiger partial charge >= 0.3 is 0 Å². The molecule has 0 aromatic heterocycles. The fraction of sp³-hybridized carbons (Fsp3) is 0.429. The number of rotatable bonds is 1. The van der Waals surface area contributed by atoms with Gasteiger partial charge in [0.05, 0.1) is 0 Å². The van der Waals surface area contributed by atoms with Gasteiger partial charge in [-0.1, -0.05) is 36.4 Å². The van der Waals surface area contributed by atoms with Crippen molar-refractivity contribution in [3.8, 4) is 0 Å². The zero-order valence-electron chi connectivity index (χ0n) is 8.45. The summed E-state index contributed by atoms with van der Waals surface area (Å²) in [5, 5.41) is 0. The predicted octanol–water partition coefficient (Wildman–Crippen LogP) is 3.89. The number of fused-ring (bicyclic) bond motifs is 2. The average Bonchev–Trinajstić information content (AvgIpc) is 2.62. The minimum atomic E-state index is 0.871. The molecule has 2 aliphatic rings. The van der Waals surface area contributed by atoms with E-state index >= 15 is 0 Å². The lowest BCUT2D eigenvalue weighted by Gasteiger charge is -2.20. The first kappa shape index (κ1) is 8.28. The van der Waals surface area contributed by atoms with E-state index in [4.69, 9.17) is 0 Å². The first-order chi connectivity index (χ1) is 6.93. The third-order valence-electron chi connectivity index (χ3n) is 3.76. The summed E-state index contributed by atoms with van der Waals surface area (Å²) in [5.41, 5.74) is 3.08. The predicted molar refractivity (Wildman–Crippen MR) is 59.9 cm³/mol. The minimum Gasteiger partial charge on any atom is -0.0802 e. The van der Waals surface area contributed by atoms with Gasteiger partial charge in [0.15, 0.2) is 0 Å². The van der Waals surface area contributed by atoms with Gasteiger partial charge in [0.25, 0.3) is 0 Å². The van der Waals surface area contributed by atoms with Crippen LogP contribution in [-0.2, 0) is 0 Å². The zero-order chi connectivity index (χ0) is 9.38. The smallest absolute Gasteiger partial charge is 0.0156 e. The Hall–Kier alpha value is -1.04. The van der Waals surface area contributed by atoms with Crippen LogP contribution in [0.2, 0.25) is 0 Å². The molecule has 1 saturated carbocycles. The lowest BCUT2D eigenvalue weighted by atomic mass is 9.85. The van der Waals surface area contributed by atoms with E-state index in [0.29, 0.717) is 0 Å². The van der Waals surface area contributed by atoms with E-state index in [2.05, 4.69) is 36.4 Å². The zero-order valence-corrected chi connectivity index (χ0v) is 8.45. The van der Waals surface area contributed by atoms with Gasteiger partial charge in [-0.25, -0.2) is 0 Å². The molecule has 2 atom stereocenters. The van der Waals surface area contributed by atoms with Gasteiger partial charge in [-0.2, -0.15) is 0 Å². The molecule has 0 heterocycles. The van der Waals surface area contributed by atoms with E-state index in [1.807, 2.05) is 0 Å². The fourth-order valence-electron chi connectivity index (χ4n) is 3.02. The lowest BCUT2D eigenvalue weighted by Crippen LogP contribution is -2.05. The molecule has 0 heteroatoms. The van der Waals surface area contributed by atoms with Gasteiger partial charge in [0.2, 0.25) is 0 Å². The van der Waals surface area contributed by atoms with Crippen molar-refractivity contribution in [2.24, 2.45) is 11.8 Å². The van der Waals surface area contributed by atoms with Gasteiger partial charge in [0, 0.05) is 0 Å². The van der Waals surface area contributed by atoms with E-state index in [0.717, 1.165) is 11.8 Å². The molecule has 0 N–H and O–H groups in total. The van der Waals surface area contributed by atoms with Gasteiger partial charge in [-0.3, -0.25) is 0 Å². The van der Waals surface area contributed by atoms with Crippen LogP contribution in [0.1, 0.15) is 31.2 Å². The van der Waals surface area contributed by atoms with E-state index < -0.39 is 0 Å². The maximum absolute atomic E-state index is 2.49. The molecule has 0 nitrogen and oxygen atoms in total. The Balaban J connectivity index is 1.96. The van der Waals surface area contributed by atoms with Gasteiger partial charge < -0.3 is 0 Å². The Morgan fingerprint density at radius 2 is 1.86 bits per heavy atom. The molecule has 0 saturated heterocycles. The highest BCUT2D eigenvalue weighted by Gasteiger charge is 2.30. The Kier molecular flexibility index (Phi) is 1.93. The monoisotopic (exact) mass is 184 g/mol. The maximum Gasteiger partial charge on any atom is -0.0156 e. The molecule has 0 amide bonds. The van der Waals surface area contributed by atoms with Crippen LogP contribution in [0.25, 0.3) is 5.57 Å². The normalized spacial score (nSPS) is 30.1. The van der Waals surface area contributed by atoms with E-state index in [9.17, 15) is 0 Å². The van der Waals surface area contributed by atoms with E-state index in [1.54, 1.807) is 5.57 Å². The number of hydrogen-bond donors (Lipinski definition) is 0. The lowest BCUT2D eigenvalue weighted by molar-refractivity contribution is 0.527. The highest BCUT2D eigenvalue weighted by molar-refractivity contribution is 5.68. The number of allylic oxidation sites excluding steroid dienone is 2. The summed E-state index contributed by atoms with van der Waals surface area (Å²) < 4.78 is 0. The molecule has 1 aromatic carbocycles. The quantitative estimate of drug-likeness (QED) is 0.621. The van der Waals surface area contributed by atoms with Crippen molar-refractivity contribution in [2.45, 2.75) is 25.7 Å². The highest BCUT2D eigenvalue weighted by atomic mass is 14.4. The maximum atomic E-state index is 2.49. The summed E-state index contributed by atoms with van der Waals surface area (Å²) in [7, 11) is 0.